The van der Waals surface area contributed by atoms with Gasteiger partial charge in [-0.15, -0.1) is 11.3 Å². The summed E-state index contributed by atoms with van der Waals surface area (Å²) in [5, 5.41) is 0. The van der Waals surface area contributed by atoms with E-state index in [2.05, 4.69) is 39.8 Å². The molecule has 1 heteroatoms. The van der Waals surface area contributed by atoms with E-state index in [1.54, 1.807) is 4.88 Å². The van der Waals surface area contributed by atoms with Gasteiger partial charge in [-0.3, -0.25) is 0 Å². The highest BCUT2D eigenvalue weighted by Gasteiger charge is 2.27. The molecule has 1 heterocycles. The van der Waals surface area contributed by atoms with Crippen LogP contribution in [0.2, 0.25) is 0 Å². The number of unbranched alkanes of at least 4 members (excludes halogenated alkanes) is 6. The zero-order chi connectivity index (χ0) is 14.8. The molecule has 116 valence electrons. The van der Waals surface area contributed by atoms with Crippen molar-refractivity contribution in [1.29, 1.82) is 0 Å². The molecule has 1 aromatic rings. The average molecular weight is 295 g/mol. The molecule has 0 bridgehead atoms. The molecule has 0 unspecified atom stereocenters. The molecule has 0 nitrogen and oxygen atoms in total. The van der Waals surface area contributed by atoms with Gasteiger partial charge in [-0.2, -0.15) is 0 Å². The molecule has 0 aliphatic carbocycles. The van der Waals surface area contributed by atoms with E-state index in [1.165, 1.54) is 69.1 Å². The van der Waals surface area contributed by atoms with E-state index in [-0.39, 0.29) is 0 Å². The number of thiophene rings is 1. The van der Waals surface area contributed by atoms with Crippen molar-refractivity contribution in [3.63, 3.8) is 0 Å². The van der Waals surface area contributed by atoms with Gasteiger partial charge >= 0.3 is 0 Å². The average Bonchev–Trinajstić information content (AvgIpc) is 2.87. The first-order valence-corrected chi connectivity index (χ1v) is 9.51. The first-order chi connectivity index (χ1) is 9.62. The molecule has 20 heavy (non-hydrogen) atoms. The van der Waals surface area contributed by atoms with Crippen molar-refractivity contribution in [2.24, 2.45) is 0 Å². The largest absolute Gasteiger partial charge is 0.145 e. The van der Waals surface area contributed by atoms with Crippen molar-refractivity contribution < 1.29 is 0 Å². The van der Waals surface area contributed by atoms with Crippen LogP contribution in [0.1, 0.15) is 94.7 Å². The Balaban J connectivity index is 2.57. The Bertz CT molecular complexity index is 338. The molecule has 0 saturated heterocycles. The van der Waals surface area contributed by atoms with Crippen molar-refractivity contribution in [3.8, 4) is 0 Å². The van der Waals surface area contributed by atoms with Crippen LogP contribution in [-0.4, -0.2) is 0 Å². The summed E-state index contributed by atoms with van der Waals surface area (Å²) in [6.45, 7) is 9.35. The lowest BCUT2D eigenvalue weighted by Crippen LogP contribution is -2.20. The smallest absolute Gasteiger partial charge is 0.0107 e. The summed E-state index contributed by atoms with van der Waals surface area (Å²) < 4.78 is 0. The fraction of sp³-hybridized carbons (Fsp3) is 0.789. The van der Waals surface area contributed by atoms with Crippen LogP contribution in [0.3, 0.4) is 0 Å². The molecule has 0 aromatic carbocycles. The standard InChI is InChI=1S/C19H34S/c1-5-7-9-11-15-19(4,16-12-10-8-6-2)18-14-13-17(3)20-18/h13-14H,5-12,15-16H2,1-4H3. The molecule has 0 aliphatic rings. The second-order valence-corrected chi connectivity index (χ2v) is 7.88. The van der Waals surface area contributed by atoms with Gasteiger partial charge in [0, 0.05) is 15.2 Å². The maximum Gasteiger partial charge on any atom is 0.0107 e. The van der Waals surface area contributed by atoms with Crippen LogP contribution in [0.15, 0.2) is 12.1 Å². The van der Waals surface area contributed by atoms with E-state index in [0.29, 0.717) is 5.41 Å². The minimum atomic E-state index is 0.431. The number of hydrogen-bond donors (Lipinski definition) is 0. The zero-order valence-electron chi connectivity index (χ0n) is 14.1. The second kappa shape index (κ2) is 9.60. The fourth-order valence-electron chi connectivity index (χ4n) is 3.01. The van der Waals surface area contributed by atoms with Gasteiger partial charge in [-0.05, 0) is 31.9 Å². The Morgan fingerprint density at radius 2 is 1.40 bits per heavy atom. The van der Waals surface area contributed by atoms with E-state index in [1.807, 2.05) is 11.3 Å². The van der Waals surface area contributed by atoms with Gasteiger partial charge in [0.1, 0.15) is 0 Å². The SMILES string of the molecule is CCCCCCC(C)(CCCCCC)c1ccc(C)s1. The summed E-state index contributed by atoms with van der Waals surface area (Å²) in [4.78, 5) is 3.09. The molecular formula is C19H34S. The van der Waals surface area contributed by atoms with Gasteiger partial charge in [0.25, 0.3) is 0 Å². The molecule has 0 amide bonds. The monoisotopic (exact) mass is 294 g/mol. The van der Waals surface area contributed by atoms with E-state index >= 15 is 0 Å². The van der Waals surface area contributed by atoms with Gasteiger partial charge in [-0.1, -0.05) is 72.1 Å². The summed E-state index contributed by atoms with van der Waals surface area (Å²) in [7, 11) is 0. The minimum absolute atomic E-state index is 0.431. The van der Waals surface area contributed by atoms with E-state index < -0.39 is 0 Å². The summed E-state index contributed by atoms with van der Waals surface area (Å²) in [6.07, 6.45) is 13.8. The first-order valence-electron chi connectivity index (χ1n) is 8.69. The predicted octanol–water partition coefficient (Wildman–Crippen LogP) is 7.26. The number of rotatable bonds is 11. The lowest BCUT2D eigenvalue weighted by atomic mass is 9.78. The third kappa shape index (κ3) is 5.99. The Morgan fingerprint density at radius 3 is 1.80 bits per heavy atom. The molecule has 0 atom stereocenters. The molecule has 0 saturated carbocycles. The van der Waals surface area contributed by atoms with Crippen LogP contribution in [0.5, 0.6) is 0 Å². The molecule has 0 aliphatic heterocycles. The van der Waals surface area contributed by atoms with Crippen LogP contribution in [0.25, 0.3) is 0 Å². The number of hydrogen-bond acceptors (Lipinski definition) is 1. The third-order valence-corrected chi connectivity index (χ3v) is 5.81. The van der Waals surface area contributed by atoms with Gasteiger partial charge in [0.2, 0.25) is 0 Å². The highest BCUT2D eigenvalue weighted by atomic mass is 32.1. The second-order valence-electron chi connectivity index (χ2n) is 6.59. The third-order valence-electron chi connectivity index (χ3n) is 4.50. The van der Waals surface area contributed by atoms with Crippen LogP contribution in [-0.2, 0) is 5.41 Å². The highest BCUT2D eigenvalue weighted by molar-refractivity contribution is 7.12. The summed E-state index contributed by atoms with van der Waals surface area (Å²) in [5.41, 5.74) is 0.431. The normalized spacial score (nSPS) is 12.0. The highest BCUT2D eigenvalue weighted by Crippen LogP contribution is 2.39. The zero-order valence-corrected chi connectivity index (χ0v) is 15.0. The predicted molar refractivity (Wildman–Crippen MR) is 93.9 cm³/mol. The van der Waals surface area contributed by atoms with Gasteiger partial charge in [-0.25, -0.2) is 0 Å². The van der Waals surface area contributed by atoms with Crippen molar-refractivity contribution in [2.45, 2.75) is 97.3 Å². The van der Waals surface area contributed by atoms with Gasteiger partial charge in [0.05, 0.1) is 0 Å². The van der Waals surface area contributed by atoms with E-state index in [0.717, 1.165) is 0 Å². The van der Waals surface area contributed by atoms with Crippen molar-refractivity contribution in [2.75, 3.05) is 0 Å². The Labute approximate surface area is 131 Å². The lowest BCUT2D eigenvalue weighted by molar-refractivity contribution is 0.370. The van der Waals surface area contributed by atoms with E-state index in [9.17, 15) is 0 Å². The maximum atomic E-state index is 2.51. The Morgan fingerprint density at radius 1 is 0.850 bits per heavy atom. The van der Waals surface area contributed by atoms with Crippen molar-refractivity contribution in [3.05, 3.63) is 21.9 Å². The summed E-state index contributed by atoms with van der Waals surface area (Å²) >= 11 is 2.02. The lowest BCUT2D eigenvalue weighted by Gasteiger charge is -2.29. The fourth-order valence-corrected chi connectivity index (χ4v) is 4.08. The molecule has 1 rings (SSSR count). The van der Waals surface area contributed by atoms with Crippen LogP contribution in [0, 0.1) is 6.92 Å². The summed E-state index contributed by atoms with van der Waals surface area (Å²) in [6, 6.07) is 4.69. The van der Waals surface area contributed by atoms with Crippen molar-refractivity contribution in [1.82, 2.24) is 0 Å². The van der Waals surface area contributed by atoms with Crippen molar-refractivity contribution >= 4 is 11.3 Å². The molecule has 0 N–H and O–H groups in total. The molecule has 0 spiro atoms. The topological polar surface area (TPSA) is 0 Å². The van der Waals surface area contributed by atoms with Crippen LogP contribution >= 0.6 is 11.3 Å². The molecule has 0 radical (unpaired) electrons. The van der Waals surface area contributed by atoms with Gasteiger partial charge in [0.15, 0.2) is 0 Å². The minimum Gasteiger partial charge on any atom is -0.145 e. The molecular weight excluding hydrogens is 260 g/mol. The van der Waals surface area contributed by atoms with Crippen LogP contribution < -0.4 is 0 Å². The molecule has 0 fully saturated rings. The number of aryl methyl sites for hydroxylation is 1. The Kier molecular flexibility index (Phi) is 8.52. The Hall–Kier alpha value is -0.300. The van der Waals surface area contributed by atoms with Crippen LogP contribution in [0.4, 0.5) is 0 Å². The summed E-state index contributed by atoms with van der Waals surface area (Å²) in [5.74, 6) is 0. The van der Waals surface area contributed by atoms with E-state index in [4.69, 9.17) is 0 Å². The molecule has 1 aromatic heterocycles. The first kappa shape index (κ1) is 17.8. The van der Waals surface area contributed by atoms with Gasteiger partial charge < -0.3 is 0 Å². The quantitative estimate of drug-likeness (QED) is 0.377. The maximum absolute atomic E-state index is 2.51.